The number of aromatic nitrogens is 1. The molecule has 0 bridgehead atoms. The van der Waals surface area contributed by atoms with Gasteiger partial charge >= 0.3 is 5.97 Å². The summed E-state index contributed by atoms with van der Waals surface area (Å²) >= 11 is 0. The molecule has 4 heteroatoms. The summed E-state index contributed by atoms with van der Waals surface area (Å²) in [5, 5.41) is 8.79. The smallest absolute Gasteiger partial charge is 0.304 e. The average molecular weight is 209 g/mol. The molecule has 0 saturated heterocycles. The minimum Gasteiger partial charge on any atom is -0.495 e. The van der Waals surface area contributed by atoms with E-state index in [9.17, 15) is 4.79 Å². The van der Waals surface area contributed by atoms with Crippen molar-refractivity contribution in [1.82, 2.24) is 4.98 Å². The summed E-state index contributed by atoms with van der Waals surface area (Å²) in [7, 11) is 1.56. The molecule has 0 fully saturated rings. The van der Waals surface area contributed by atoms with E-state index in [2.05, 4.69) is 4.98 Å². The number of rotatable bonds is 4. The van der Waals surface area contributed by atoms with E-state index in [0.29, 0.717) is 5.75 Å². The highest BCUT2D eigenvalue weighted by atomic mass is 16.5. The van der Waals surface area contributed by atoms with Crippen LogP contribution in [0.15, 0.2) is 18.5 Å². The molecule has 82 valence electrons. The standard InChI is InChI=1S/C11H15NO3/c1-11(2,5-10(13)14)8-4-9(15-3)7-12-6-8/h4,6-7H,5H2,1-3H3,(H,13,14). The van der Waals surface area contributed by atoms with E-state index in [0.717, 1.165) is 5.56 Å². The van der Waals surface area contributed by atoms with Gasteiger partial charge in [0.05, 0.1) is 19.7 Å². The van der Waals surface area contributed by atoms with E-state index in [4.69, 9.17) is 9.84 Å². The monoisotopic (exact) mass is 209 g/mol. The third kappa shape index (κ3) is 2.94. The van der Waals surface area contributed by atoms with Crippen molar-refractivity contribution < 1.29 is 14.6 Å². The van der Waals surface area contributed by atoms with Gasteiger partial charge in [0, 0.05) is 11.6 Å². The van der Waals surface area contributed by atoms with Crippen molar-refractivity contribution in [2.24, 2.45) is 0 Å². The Morgan fingerprint density at radius 2 is 2.20 bits per heavy atom. The number of carbonyl (C=O) groups is 1. The number of hydrogen-bond acceptors (Lipinski definition) is 3. The lowest BCUT2D eigenvalue weighted by Gasteiger charge is -2.22. The van der Waals surface area contributed by atoms with Gasteiger partial charge in [-0.1, -0.05) is 13.8 Å². The van der Waals surface area contributed by atoms with Crippen LogP contribution in [0.4, 0.5) is 0 Å². The number of hydrogen-bond donors (Lipinski definition) is 1. The zero-order chi connectivity index (χ0) is 11.5. The Hall–Kier alpha value is -1.58. The molecule has 0 spiro atoms. The summed E-state index contributed by atoms with van der Waals surface area (Å²) < 4.78 is 5.05. The first-order valence-electron chi connectivity index (χ1n) is 4.67. The second kappa shape index (κ2) is 4.29. The molecule has 1 heterocycles. The highest BCUT2D eigenvalue weighted by molar-refractivity contribution is 5.68. The maximum Gasteiger partial charge on any atom is 0.304 e. The fourth-order valence-electron chi connectivity index (χ4n) is 1.38. The third-order valence-corrected chi connectivity index (χ3v) is 2.32. The molecule has 0 radical (unpaired) electrons. The van der Waals surface area contributed by atoms with E-state index in [1.807, 2.05) is 19.9 Å². The van der Waals surface area contributed by atoms with Gasteiger partial charge in [-0.05, 0) is 11.6 Å². The van der Waals surface area contributed by atoms with Crippen LogP contribution in [0, 0.1) is 0 Å². The molecule has 0 aliphatic rings. The molecular weight excluding hydrogens is 194 g/mol. The molecule has 0 unspecified atom stereocenters. The fourth-order valence-corrected chi connectivity index (χ4v) is 1.38. The van der Waals surface area contributed by atoms with Crippen LogP contribution in [0.25, 0.3) is 0 Å². The van der Waals surface area contributed by atoms with Crippen LogP contribution >= 0.6 is 0 Å². The molecule has 0 aliphatic carbocycles. The van der Waals surface area contributed by atoms with E-state index >= 15 is 0 Å². The van der Waals surface area contributed by atoms with Crippen molar-refractivity contribution in [2.75, 3.05) is 7.11 Å². The Morgan fingerprint density at radius 1 is 1.53 bits per heavy atom. The first-order chi connectivity index (χ1) is 6.95. The number of pyridine rings is 1. The van der Waals surface area contributed by atoms with Crippen molar-refractivity contribution >= 4 is 5.97 Å². The SMILES string of the molecule is COc1cncc(C(C)(C)CC(=O)O)c1. The maximum absolute atomic E-state index is 10.7. The number of carboxylic acids is 1. The lowest BCUT2D eigenvalue weighted by Crippen LogP contribution is -2.21. The lowest BCUT2D eigenvalue weighted by atomic mass is 9.82. The topological polar surface area (TPSA) is 59.4 Å². The lowest BCUT2D eigenvalue weighted by molar-refractivity contribution is -0.138. The van der Waals surface area contributed by atoms with Gasteiger partial charge in [-0.3, -0.25) is 9.78 Å². The van der Waals surface area contributed by atoms with E-state index in [1.165, 1.54) is 0 Å². The summed E-state index contributed by atoms with van der Waals surface area (Å²) in [6.07, 6.45) is 3.34. The largest absolute Gasteiger partial charge is 0.495 e. The van der Waals surface area contributed by atoms with Crippen molar-refractivity contribution in [2.45, 2.75) is 25.7 Å². The molecule has 1 rings (SSSR count). The minimum atomic E-state index is -0.817. The Labute approximate surface area is 88.9 Å². The normalized spacial score (nSPS) is 11.1. The summed E-state index contributed by atoms with van der Waals surface area (Å²) in [5.41, 5.74) is 0.428. The van der Waals surface area contributed by atoms with Crippen molar-refractivity contribution in [1.29, 1.82) is 0 Å². The van der Waals surface area contributed by atoms with Crippen LogP contribution in [0.2, 0.25) is 0 Å². The predicted molar refractivity (Wildman–Crippen MR) is 56.1 cm³/mol. The van der Waals surface area contributed by atoms with Crippen LogP contribution < -0.4 is 4.74 Å². The van der Waals surface area contributed by atoms with Gasteiger partial charge < -0.3 is 9.84 Å². The average Bonchev–Trinajstić information content (AvgIpc) is 2.16. The molecule has 0 aromatic carbocycles. The molecular formula is C11H15NO3. The highest BCUT2D eigenvalue weighted by Crippen LogP contribution is 2.28. The van der Waals surface area contributed by atoms with Crippen molar-refractivity contribution in [3.05, 3.63) is 24.0 Å². The number of aliphatic carboxylic acids is 1. The number of methoxy groups -OCH3 is 1. The molecule has 4 nitrogen and oxygen atoms in total. The van der Waals surface area contributed by atoms with Crippen LogP contribution in [0.5, 0.6) is 5.75 Å². The number of ether oxygens (including phenoxy) is 1. The number of nitrogens with zero attached hydrogens (tertiary/aromatic N) is 1. The quantitative estimate of drug-likeness (QED) is 0.822. The van der Waals surface area contributed by atoms with Gasteiger partial charge in [0.1, 0.15) is 5.75 Å². The Balaban J connectivity index is 2.98. The van der Waals surface area contributed by atoms with Crippen LogP contribution in [-0.4, -0.2) is 23.2 Å². The van der Waals surface area contributed by atoms with Gasteiger partial charge in [-0.15, -0.1) is 0 Å². The molecule has 1 aromatic rings. The second-order valence-corrected chi connectivity index (χ2v) is 4.07. The van der Waals surface area contributed by atoms with Gasteiger partial charge in [0.2, 0.25) is 0 Å². The number of carboxylic acid groups (broad SMARTS) is 1. The maximum atomic E-state index is 10.7. The Bertz CT molecular complexity index is 361. The second-order valence-electron chi connectivity index (χ2n) is 4.07. The summed E-state index contributed by atoms with van der Waals surface area (Å²) in [6.45, 7) is 3.75. The van der Waals surface area contributed by atoms with Crippen molar-refractivity contribution in [3.63, 3.8) is 0 Å². The van der Waals surface area contributed by atoms with E-state index in [1.54, 1.807) is 19.5 Å². The van der Waals surface area contributed by atoms with Crippen LogP contribution in [0.1, 0.15) is 25.8 Å². The van der Waals surface area contributed by atoms with Gasteiger partial charge in [0.15, 0.2) is 0 Å². The molecule has 0 aliphatic heterocycles. The zero-order valence-corrected chi connectivity index (χ0v) is 9.15. The molecule has 0 amide bonds. The molecule has 0 atom stereocenters. The van der Waals surface area contributed by atoms with E-state index in [-0.39, 0.29) is 6.42 Å². The van der Waals surface area contributed by atoms with Crippen LogP contribution in [-0.2, 0) is 10.2 Å². The van der Waals surface area contributed by atoms with Crippen LogP contribution in [0.3, 0.4) is 0 Å². The summed E-state index contributed by atoms with van der Waals surface area (Å²) in [6, 6.07) is 1.82. The third-order valence-electron chi connectivity index (χ3n) is 2.32. The molecule has 0 saturated carbocycles. The van der Waals surface area contributed by atoms with Gasteiger partial charge in [0.25, 0.3) is 0 Å². The molecule has 1 N–H and O–H groups in total. The first kappa shape index (κ1) is 11.5. The van der Waals surface area contributed by atoms with E-state index < -0.39 is 11.4 Å². The van der Waals surface area contributed by atoms with Gasteiger partial charge in [-0.2, -0.15) is 0 Å². The fraction of sp³-hybridized carbons (Fsp3) is 0.455. The molecule has 1 aromatic heterocycles. The minimum absolute atomic E-state index is 0.0713. The van der Waals surface area contributed by atoms with Gasteiger partial charge in [-0.25, -0.2) is 0 Å². The van der Waals surface area contributed by atoms with Crippen molar-refractivity contribution in [3.8, 4) is 5.75 Å². The Morgan fingerprint density at radius 3 is 2.73 bits per heavy atom. The Kier molecular flexibility index (Phi) is 3.29. The highest BCUT2D eigenvalue weighted by Gasteiger charge is 2.24. The predicted octanol–water partition coefficient (Wildman–Crippen LogP) is 1.84. The summed E-state index contributed by atoms with van der Waals surface area (Å²) in [5.74, 6) is -0.172. The zero-order valence-electron chi connectivity index (χ0n) is 9.15. The molecule has 15 heavy (non-hydrogen) atoms. The summed E-state index contributed by atoms with van der Waals surface area (Å²) in [4.78, 5) is 14.7. The first-order valence-corrected chi connectivity index (χ1v) is 4.67.